The molecule has 0 saturated carbocycles. The van der Waals surface area contributed by atoms with E-state index in [0.29, 0.717) is 0 Å². The Labute approximate surface area is 164 Å². The molecule has 0 spiro atoms. The number of amides is 2. The minimum atomic E-state index is -0.109. The Bertz CT molecular complexity index is 969. The highest BCUT2D eigenvalue weighted by atomic mass is 32.2. The number of carbonyl (C=O) groups is 1. The topological polar surface area (TPSA) is 32.3 Å². The van der Waals surface area contributed by atoms with Gasteiger partial charge in [0.05, 0.1) is 17.4 Å². The number of aryl methyl sites for hydroxylation is 2. The van der Waals surface area contributed by atoms with Crippen molar-refractivity contribution in [2.75, 3.05) is 4.90 Å². The smallest absolute Gasteiger partial charge is 0.327 e. The molecule has 1 unspecified atom stereocenters. The van der Waals surface area contributed by atoms with Gasteiger partial charge in [-0.2, -0.15) is 0 Å². The molecule has 136 valence electrons. The molecule has 0 radical (unpaired) electrons. The lowest BCUT2D eigenvalue weighted by atomic mass is 10.0. The van der Waals surface area contributed by atoms with E-state index in [9.17, 15) is 4.79 Å². The first-order valence-electron chi connectivity index (χ1n) is 9.08. The number of rotatable bonds is 2. The van der Waals surface area contributed by atoms with Gasteiger partial charge in [-0.1, -0.05) is 59.8 Å². The Morgan fingerprint density at radius 2 is 1.52 bits per heavy atom. The highest BCUT2D eigenvalue weighted by molar-refractivity contribution is 7.99. The molecular formula is C23H22N2OS. The zero-order chi connectivity index (χ0) is 19.0. The van der Waals surface area contributed by atoms with Gasteiger partial charge in [0, 0.05) is 9.79 Å². The number of nitrogens with one attached hydrogen (secondary N) is 1. The van der Waals surface area contributed by atoms with Crippen molar-refractivity contribution < 1.29 is 4.79 Å². The molecule has 1 aliphatic rings. The summed E-state index contributed by atoms with van der Waals surface area (Å²) in [5, 5.41) is 3.19. The van der Waals surface area contributed by atoms with Crippen molar-refractivity contribution >= 4 is 29.2 Å². The van der Waals surface area contributed by atoms with Crippen molar-refractivity contribution in [2.24, 2.45) is 0 Å². The fraction of sp³-hybridized carbons (Fsp3) is 0.174. The first-order valence-corrected chi connectivity index (χ1v) is 9.90. The van der Waals surface area contributed by atoms with Crippen LogP contribution >= 0.6 is 11.8 Å². The molecule has 4 heteroatoms. The van der Waals surface area contributed by atoms with Crippen molar-refractivity contribution in [3.8, 4) is 0 Å². The monoisotopic (exact) mass is 374 g/mol. The average Bonchev–Trinajstić information content (AvgIpc) is 2.65. The number of nitrogens with zero attached hydrogens (tertiary/aromatic N) is 1. The van der Waals surface area contributed by atoms with Crippen LogP contribution in [0.25, 0.3) is 0 Å². The molecule has 3 nitrogen and oxygen atoms in total. The van der Waals surface area contributed by atoms with Crippen LogP contribution in [-0.4, -0.2) is 6.03 Å². The maximum absolute atomic E-state index is 13.3. The van der Waals surface area contributed by atoms with Crippen LogP contribution in [0.4, 0.5) is 16.2 Å². The Hall–Kier alpha value is -2.72. The number of anilines is 2. The molecule has 3 aromatic rings. The number of urea groups is 1. The van der Waals surface area contributed by atoms with Gasteiger partial charge in [0.15, 0.2) is 0 Å². The maximum atomic E-state index is 13.3. The van der Waals surface area contributed by atoms with Gasteiger partial charge in [-0.15, -0.1) is 0 Å². The first-order chi connectivity index (χ1) is 13.0. The van der Waals surface area contributed by atoms with Gasteiger partial charge in [0.1, 0.15) is 0 Å². The maximum Gasteiger partial charge on any atom is 0.327 e. The Morgan fingerprint density at radius 3 is 2.11 bits per heavy atom. The third-order valence-electron chi connectivity index (χ3n) is 4.87. The molecule has 0 aromatic heterocycles. The fourth-order valence-electron chi connectivity index (χ4n) is 3.56. The Morgan fingerprint density at radius 1 is 0.926 bits per heavy atom. The van der Waals surface area contributed by atoms with Gasteiger partial charge in [-0.25, -0.2) is 4.79 Å². The van der Waals surface area contributed by atoms with E-state index in [0.717, 1.165) is 26.7 Å². The van der Waals surface area contributed by atoms with Crippen LogP contribution in [0.3, 0.4) is 0 Å². The molecule has 27 heavy (non-hydrogen) atoms. The molecule has 0 bridgehead atoms. The third kappa shape index (κ3) is 3.33. The summed E-state index contributed by atoms with van der Waals surface area (Å²) in [5.41, 5.74) is 5.41. The Balaban J connectivity index is 1.67. The van der Waals surface area contributed by atoms with Gasteiger partial charge in [0.25, 0.3) is 0 Å². The second kappa shape index (κ2) is 7.12. The summed E-state index contributed by atoms with van der Waals surface area (Å²) in [4.78, 5) is 17.3. The van der Waals surface area contributed by atoms with Gasteiger partial charge in [-0.05, 0) is 56.2 Å². The van der Waals surface area contributed by atoms with Crippen LogP contribution in [0.2, 0.25) is 0 Å². The molecule has 0 fully saturated rings. The predicted molar refractivity (Wildman–Crippen MR) is 112 cm³/mol. The van der Waals surface area contributed by atoms with E-state index in [2.05, 4.69) is 49.5 Å². The average molecular weight is 375 g/mol. The molecule has 2 amide bonds. The lowest BCUT2D eigenvalue weighted by molar-refractivity contribution is 0.245. The second-order valence-electron chi connectivity index (χ2n) is 6.90. The molecule has 0 aliphatic carbocycles. The van der Waals surface area contributed by atoms with Crippen LogP contribution in [0.1, 0.15) is 29.7 Å². The predicted octanol–water partition coefficient (Wildman–Crippen LogP) is 6.38. The number of fused-ring (bicyclic) bond motifs is 2. The summed E-state index contributed by atoms with van der Waals surface area (Å²) < 4.78 is 0. The van der Waals surface area contributed by atoms with Crippen molar-refractivity contribution in [3.05, 3.63) is 83.4 Å². The van der Waals surface area contributed by atoms with Crippen LogP contribution in [0.5, 0.6) is 0 Å². The van der Waals surface area contributed by atoms with Crippen LogP contribution in [0, 0.1) is 13.8 Å². The van der Waals surface area contributed by atoms with E-state index in [4.69, 9.17) is 0 Å². The molecule has 1 atom stereocenters. The standard InChI is InChI=1S/C23H22N2OS/c1-15-12-13-18(16(2)14-15)17(3)24-23(26)25-19-8-4-6-10-21(19)27-22-11-7-5-9-20(22)25/h4-14,17H,1-3H3,(H,24,26). The lowest BCUT2D eigenvalue weighted by Crippen LogP contribution is -2.39. The summed E-state index contributed by atoms with van der Waals surface area (Å²) in [6.45, 7) is 6.21. The molecular weight excluding hydrogens is 352 g/mol. The molecule has 1 aliphatic heterocycles. The number of carbonyl (C=O) groups excluding carboxylic acids is 1. The largest absolute Gasteiger partial charge is 0.331 e. The molecule has 1 heterocycles. The fourth-order valence-corrected chi connectivity index (χ4v) is 4.62. The zero-order valence-corrected chi connectivity index (χ0v) is 16.5. The summed E-state index contributed by atoms with van der Waals surface area (Å²) in [7, 11) is 0. The van der Waals surface area contributed by atoms with E-state index in [1.807, 2.05) is 43.3 Å². The van der Waals surface area contributed by atoms with Crippen molar-refractivity contribution in [1.29, 1.82) is 0 Å². The van der Waals surface area contributed by atoms with Crippen molar-refractivity contribution in [2.45, 2.75) is 36.6 Å². The number of hydrogen-bond donors (Lipinski definition) is 1. The van der Waals surface area contributed by atoms with Crippen LogP contribution < -0.4 is 10.2 Å². The SMILES string of the molecule is Cc1ccc(C(C)NC(=O)N2c3ccccc3Sc3ccccc32)c(C)c1. The van der Waals surface area contributed by atoms with E-state index in [1.54, 1.807) is 16.7 Å². The van der Waals surface area contributed by atoms with Crippen molar-refractivity contribution in [3.63, 3.8) is 0 Å². The molecule has 1 N–H and O–H groups in total. The van der Waals surface area contributed by atoms with E-state index < -0.39 is 0 Å². The van der Waals surface area contributed by atoms with Crippen molar-refractivity contribution in [1.82, 2.24) is 5.32 Å². The minimum absolute atomic E-state index is 0.0768. The number of para-hydroxylation sites is 2. The summed E-state index contributed by atoms with van der Waals surface area (Å²) in [6.07, 6.45) is 0. The molecule has 4 rings (SSSR count). The highest BCUT2D eigenvalue weighted by Gasteiger charge is 2.28. The summed E-state index contributed by atoms with van der Waals surface area (Å²) >= 11 is 1.70. The summed E-state index contributed by atoms with van der Waals surface area (Å²) in [5.74, 6) is 0. The minimum Gasteiger partial charge on any atom is -0.331 e. The molecule has 0 saturated heterocycles. The van der Waals surface area contributed by atoms with Crippen LogP contribution in [-0.2, 0) is 0 Å². The summed E-state index contributed by atoms with van der Waals surface area (Å²) in [6, 6.07) is 22.2. The number of hydrogen-bond acceptors (Lipinski definition) is 2. The lowest BCUT2D eigenvalue weighted by Gasteiger charge is -2.32. The van der Waals surface area contributed by atoms with Gasteiger partial charge in [0.2, 0.25) is 0 Å². The number of benzene rings is 3. The van der Waals surface area contributed by atoms with Gasteiger partial charge >= 0.3 is 6.03 Å². The quantitative estimate of drug-likeness (QED) is 0.565. The van der Waals surface area contributed by atoms with Crippen LogP contribution in [0.15, 0.2) is 76.5 Å². The first kappa shape index (κ1) is 17.7. The van der Waals surface area contributed by atoms with E-state index >= 15 is 0 Å². The Kier molecular flexibility index (Phi) is 4.66. The normalized spacial score (nSPS) is 13.5. The second-order valence-corrected chi connectivity index (χ2v) is 7.99. The third-order valence-corrected chi connectivity index (χ3v) is 6.00. The molecule has 3 aromatic carbocycles. The highest BCUT2D eigenvalue weighted by Crippen LogP contribution is 2.47. The van der Waals surface area contributed by atoms with E-state index in [-0.39, 0.29) is 12.1 Å². The van der Waals surface area contributed by atoms with E-state index in [1.165, 1.54) is 11.1 Å². The van der Waals surface area contributed by atoms with Gasteiger partial charge < -0.3 is 5.32 Å². The van der Waals surface area contributed by atoms with Gasteiger partial charge in [-0.3, -0.25) is 4.90 Å². The zero-order valence-electron chi connectivity index (χ0n) is 15.7.